The average molecular weight is 341 g/mol. The molecule has 0 radical (unpaired) electrons. The molecule has 0 saturated heterocycles. The van der Waals surface area contributed by atoms with E-state index in [1.807, 2.05) is 19.0 Å². The lowest BCUT2D eigenvalue weighted by molar-refractivity contribution is 0.578. The maximum absolute atomic E-state index is 12.1. The molecule has 6 nitrogen and oxygen atoms in total. The van der Waals surface area contributed by atoms with Crippen molar-refractivity contribution in [3.8, 4) is 0 Å². The summed E-state index contributed by atoms with van der Waals surface area (Å²) in [6.45, 7) is 0.0532. The fraction of sp³-hybridized carbons (Fsp3) is 0.286. The largest absolute Gasteiger partial charge is 0.363 e. The molecule has 1 N–H and O–H groups in total. The number of nitrogens with one attached hydrogen (secondary N) is 1. The zero-order chi connectivity index (χ0) is 16.2. The molecule has 1 heterocycles. The van der Waals surface area contributed by atoms with Gasteiger partial charge in [0.1, 0.15) is 11.6 Å². The summed E-state index contributed by atoms with van der Waals surface area (Å²) in [5, 5.41) is 0.572. The molecule has 0 fully saturated rings. The second-order valence-corrected chi connectivity index (χ2v) is 7.18. The van der Waals surface area contributed by atoms with E-state index in [0.717, 1.165) is 5.82 Å². The normalized spacial score (nSPS) is 11.4. The zero-order valence-electron chi connectivity index (χ0n) is 12.3. The van der Waals surface area contributed by atoms with Crippen molar-refractivity contribution in [3.05, 3.63) is 52.9 Å². The van der Waals surface area contributed by atoms with Gasteiger partial charge in [-0.25, -0.2) is 23.1 Å². The highest BCUT2D eigenvalue weighted by Crippen LogP contribution is 2.12. The quantitative estimate of drug-likeness (QED) is 0.868. The maximum atomic E-state index is 12.1. The van der Waals surface area contributed by atoms with Crippen LogP contribution >= 0.6 is 11.6 Å². The van der Waals surface area contributed by atoms with E-state index in [2.05, 4.69) is 14.7 Å². The van der Waals surface area contributed by atoms with E-state index >= 15 is 0 Å². The van der Waals surface area contributed by atoms with Crippen LogP contribution in [0.1, 0.15) is 11.4 Å². The first-order valence-electron chi connectivity index (χ1n) is 6.57. The minimum Gasteiger partial charge on any atom is -0.363 e. The molecular formula is C14H17ClN4O2S. The third-order valence-electron chi connectivity index (χ3n) is 2.87. The number of halogens is 1. The van der Waals surface area contributed by atoms with Gasteiger partial charge in [-0.15, -0.1) is 0 Å². The Labute approximate surface area is 135 Å². The summed E-state index contributed by atoms with van der Waals surface area (Å²) in [6, 6.07) is 8.45. The number of anilines is 1. The van der Waals surface area contributed by atoms with E-state index in [1.165, 1.54) is 0 Å². The Kier molecular flexibility index (Phi) is 5.33. The Morgan fingerprint density at radius 1 is 1.18 bits per heavy atom. The summed E-state index contributed by atoms with van der Waals surface area (Å²) < 4.78 is 26.6. The molecule has 0 unspecified atom stereocenters. The van der Waals surface area contributed by atoms with Gasteiger partial charge in [0, 0.05) is 25.3 Å². The molecule has 1 aromatic carbocycles. The molecule has 0 spiro atoms. The second-order valence-electron chi connectivity index (χ2n) is 4.93. The summed E-state index contributed by atoms with van der Waals surface area (Å²) in [5.74, 6) is 1.03. The number of sulfonamides is 1. The van der Waals surface area contributed by atoms with Gasteiger partial charge in [0.25, 0.3) is 0 Å². The van der Waals surface area contributed by atoms with Crippen LogP contribution in [0.4, 0.5) is 5.82 Å². The highest BCUT2D eigenvalue weighted by Gasteiger charge is 2.12. The van der Waals surface area contributed by atoms with Crippen LogP contribution in [0.5, 0.6) is 0 Å². The fourth-order valence-electron chi connectivity index (χ4n) is 1.75. The first-order valence-corrected chi connectivity index (χ1v) is 8.60. The van der Waals surface area contributed by atoms with Crippen LogP contribution in [0.25, 0.3) is 0 Å². The van der Waals surface area contributed by atoms with Crippen LogP contribution in [0, 0.1) is 0 Å². The third kappa shape index (κ3) is 4.94. The lowest BCUT2D eigenvalue weighted by Crippen LogP contribution is -2.26. The Morgan fingerprint density at radius 3 is 2.50 bits per heavy atom. The Hall–Kier alpha value is -1.70. The molecule has 0 bridgehead atoms. The third-order valence-corrected chi connectivity index (χ3v) is 4.42. The van der Waals surface area contributed by atoms with Crippen molar-refractivity contribution >= 4 is 27.4 Å². The molecule has 22 heavy (non-hydrogen) atoms. The Bertz CT molecular complexity index is 733. The zero-order valence-corrected chi connectivity index (χ0v) is 13.9. The first kappa shape index (κ1) is 16.7. The van der Waals surface area contributed by atoms with E-state index in [0.29, 0.717) is 16.4 Å². The molecular weight excluding hydrogens is 324 g/mol. The highest BCUT2D eigenvalue weighted by atomic mass is 35.5. The van der Waals surface area contributed by atoms with Gasteiger partial charge in [-0.3, -0.25) is 0 Å². The van der Waals surface area contributed by atoms with E-state index in [9.17, 15) is 8.42 Å². The molecule has 0 saturated carbocycles. The van der Waals surface area contributed by atoms with Crippen molar-refractivity contribution in [2.24, 2.45) is 0 Å². The molecule has 0 atom stereocenters. The molecule has 1 aromatic heterocycles. The summed E-state index contributed by atoms with van der Waals surface area (Å²) in [4.78, 5) is 10.2. The van der Waals surface area contributed by atoms with E-state index in [4.69, 9.17) is 11.6 Å². The first-order chi connectivity index (χ1) is 10.4. The molecule has 2 aromatic rings. The maximum Gasteiger partial charge on any atom is 0.216 e. The standard InChI is InChI=1S/C14H17ClN4O2S/c1-19(2)14-7-8-16-13(18-14)9-17-22(20,21)10-11-3-5-12(15)6-4-11/h3-8,17H,9-10H2,1-2H3. The van der Waals surface area contributed by atoms with Gasteiger partial charge < -0.3 is 4.90 Å². The van der Waals surface area contributed by atoms with Gasteiger partial charge in [0.15, 0.2) is 0 Å². The van der Waals surface area contributed by atoms with Crippen molar-refractivity contribution in [1.82, 2.24) is 14.7 Å². The van der Waals surface area contributed by atoms with Gasteiger partial charge in [-0.2, -0.15) is 0 Å². The number of aromatic nitrogens is 2. The molecule has 0 aliphatic rings. The van der Waals surface area contributed by atoms with E-state index in [-0.39, 0.29) is 12.3 Å². The van der Waals surface area contributed by atoms with Crippen LogP contribution in [0.2, 0.25) is 5.02 Å². The predicted octanol–water partition coefficient (Wildman–Crippen LogP) is 1.82. The van der Waals surface area contributed by atoms with Crippen molar-refractivity contribution in [1.29, 1.82) is 0 Å². The minimum atomic E-state index is -3.47. The summed E-state index contributed by atoms with van der Waals surface area (Å²) in [5.41, 5.74) is 0.667. The fourth-order valence-corrected chi connectivity index (χ4v) is 2.96. The van der Waals surface area contributed by atoms with Crippen LogP contribution in [-0.4, -0.2) is 32.5 Å². The van der Waals surface area contributed by atoms with E-state index < -0.39 is 10.0 Å². The van der Waals surface area contributed by atoms with Gasteiger partial charge in [0.2, 0.25) is 10.0 Å². The van der Waals surface area contributed by atoms with Gasteiger partial charge in [-0.05, 0) is 23.8 Å². The predicted molar refractivity (Wildman–Crippen MR) is 87.3 cm³/mol. The average Bonchev–Trinajstić information content (AvgIpc) is 2.48. The van der Waals surface area contributed by atoms with Crippen molar-refractivity contribution in [2.75, 3.05) is 19.0 Å². The molecule has 2 rings (SSSR count). The second kappa shape index (κ2) is 7.04. The highest BCUT2D eigenvalue weighted by molar-refractivity contribution is 7.88. The number of nitrogens with zero attached hydrogens (tertiary/aromatic N) is 3. The molecule has 118 valence electrons. The van der Waals surface area contributed by atoms with Crippen LogP contribution in [-0.2, 0) is 22.3 Å². The summed E-state index contributed by atoms with van der Waals surface area (Å²) in [6.07, 6.45) is 1.60. The molecule has 0 amide bonds. The van der Waals surface area contributed by atoms with Crippen LogP contribution in [0.15, 0.2) is 36.5 Å². The van der Waals surface area contributed by atoms with Crippen molar-refractivity contribution < 1.29 is 8.42 Å². The number of rotatable bonds is 6. The number of hydrogen-bond acceptors (Lipinski definition) is 5. The van der Waals surface area contributed by atoms with Gasteiger partial charge in [0.05, 0.1) is 12.3 Å². The lowest BCUT2D eigenvalue weighted by Gasteiger charge is -2.12. The van der Waals surface area contributed by atoms with Crippen LogP contribution in [0.3, 0.4) is 0 Å². The minimum absolute atomic E-state index is 0.0532. The summed E-state index contributed by atoms with van der Waals surface area (Å²) in [7, 11) is 0.250. The topological polar surface area (TPSA) is 75.2 Å². The summed E-state index contributed by atoms with van der Waals surface area (Å²) >= 11 is 5.78. The molecule has 0 aliphatic heterocycles. The molecule has 8 heteroatoms. The SMILES string of the molecule is CN(C)c1ccnc(CNS(=O)(=O)Cc2ccc(Cl)cc2)n1. The Balaban J connectivity index is 2.00. The van der Waals surface area contributed by atoms with Crippen molar-refractivity contribution in [2.45, 2.75) is 12.3 Å². The smallest absolute Gasteiger partial charge is 0.216 e. The van der Waals surface area contributed by atoms with Gasteiger partial charge in [-0.1, -0.05) is 23.7 Å². The van der Waals surface area contributed by atoms with E-state index in [1.54, 1.807) is 36.5 Å². The monoisotopic (exact) mass is 340 g/mol. The van der Waals surface area contributed by atoms with Crippen molar-refractivity contribution in [3.63, 3.8) is 0 Å². The van der Waals surface area contributed by atoms with Gasteiger partial charge >= 0.3 is 0 Å². The van der Waals surface area contributed by atoms with Crippen LogP contribution < -0.4 is 9.62 Å². The Morgan fingerprint density at radius 2 is 1.86 bits per heavy atom. The lowest BCUT2D eigenvalue weighted by atomic mass is 10.2. The number of benzene rings is 1. The molecule has 0 aliphatic carbocycles. The number of hydrogen-bond donors (Lipinski definition) is 1.